The summed E-state index contributed by atoms with van der Waals surface area (Å²) in [6.45, 7) is -1.23. The molecule has 1 unspecified atom stereocenters. The smallest absolute Gasteiger partial charge is 0.469 e. The van der Waals surface area contributed by atoms with E-state index < -0.39 is 38.3 Å². The highest BCUT2D eigenvalue weighted by Gasteiger charge is 2.35. The molecule has 0 spiro atoms. The quantitative estimate of drug-likeness (QED) is 0.201. The number of aliphatic hydroxyl groups is 1. The second kappa shape index (κ2) is 11.7. The van der Waals surface area contributed by atoms with Crippen LogP contribution < -0.4 is 10.5 Å². The Kier molecular flexibility index (Phi) is 9.16. The van der Waals surface area contributed by atoms with Crippen molar-refractivity contribution in [3.05, 3.63) is 77.4 Å². The number of fused-ring (bicyclic) bond motifs is 1. The molecule has 0 aromatic heterocycles. The van der Waals surface area contributed by atoms with E-state index in [1.54, 1.807) is 0 Å². The van der Waals surface area contributed by atoms with Gasteiger partial charge in [0.05, 0.1) is 30.9 Å². The number of phosphoric acid groups is 1. The molecule has 0 fully saturated rings. The van der Waals surface area contributed by atoms with Crippen LogP contribution in [-0.2, 0) is 28.1 Å². The number of benzene rings is 3. The molecule has 0 aliphatic heterocycles. The van der Waals surface area contributed by atoms with E-state index in [4.69, 9.17) is 20.3 Å². The number of hydrogen-bond donors (Lipinski definition) is 4. The van der Waals surface area contributed by atoms with Gasteiger partial charge in [-0.3, -0.25) is 4.52 Å². The molecule has 0 aliphatic carbocycles. The van der Waals surface area contributed by atoms with Crippen LogP contribution in [0.2, 0.25) is 0 Å². The van der Waals surface area contributed by atoms with E-state index in [0.29, 0.717) is 12.8 Å². The third-order valence-corrected chi connectivity index (χ3v) is 6.29. The first kappa shape index (κ1) is 28.1. The lowest BCUT2D eigenvalue weighted by atomic mass is 9.93. The van der Waals surface area contributed by atoms with E-state index in [2.05, 4.69) is 4.52 Å². The summed E-state index contributed by atoms with van der Waals surface area (Å²) in [5.74, 6) is -0.282. The maximum Gasteiger partial charge on any atom is 0.469 e. The molecule has 0 amide bonds. The van der Waals surface area contributed by atoms with E-state index >= 15 is 0 Å². The van der Waals surface area contributed by atoms with Crippen LogP contribution in [0.3, 0.4) is 0 Å². The zero-order valence-electron chi connectivity index (χ0n) is 19.4. The van der Waals surface area contributed by atoms with Crippen molar-refractivity contribution in [3.8, 4) is 5.75 Å². The third-order valence-electron chi connectivity index (χ3n) is 5.82. The van der Waals surface area contributed by atoms with Gasteiger partial charge in [-0.1, -0.05) is 48.5 Å². The van der Waals surface area contributed by atoms with Gasteiger partial charge in [0.1, 0.15) is 5.75 Å². The van der Waals surface area contributed by atoms with Gasteiger partial charge in [0.2, 0.25) is 0 Å². The predicted molar refractivity (Wildman–Crippen MR) is 130 cm³/mol. The molecule has 7 nitrogen and oxygen atoms in total. The molecule has 0 bridgehead atoms. The van der Waals surface area contributed by atoms with Crippen LogP contribution >= 0.6 is 7.82 Å². The van der Waals surface area contributed by atoms with Crippen molar-refractivity contribution < 1.29 is 41.9 Å². The van der Waals surface area contributed by atoms with E-state index in [1.165, 1.54) is 12.1 Å². The van der Waals surface area contributed by atoms with Crippen LogP contribution in [0.5, 0.6) is 5.75 Å². The largest absolute Gasteiger partial charge is 0.493 e. The number of alkyl halides is 3. The summed E-state index contributed by atoms with van der Waals surface area (Å²) in [5.41, 5.74) is 4.82. The van der Waals surface area contributed by atoms with Gasteiger partial charge in [-0.05, 0) is 59.7 Å². The highest BCUT2D eigenvalue weighted by Crippen LogP contribution is 2.38. The summed E-state index contributed by atoms with van der Waals surface area (Å²) >= 11 is 0. The molecule has 196 valence electrons. The van der Waals surface area contributed by atoms with Crippen molar-refractivity contribution in [2.75, 3.05) is 19.8 Å². The van der Waals surface area contributed by atoms with Gasteiger partial charge in [-0.15, -0.1) is 0 Å². The van der Waals surface area contributed by atoms with Crippen LogP contribution in [0.1, 0.15) is 29.5 Å². The summed E-state index contributed by atoms with van der Waals surface area (Å²) in [6.07, 6.45) is -3.52. The van der Waals surface area contributed by atoms with Crippen molar-refractivity contribution >= 4 is 18.6 Å². The standard InChI is InChI=1S/C25H29F3NO6P/c26-25(27,28)22-15-18(12-13-24(29,16-30)17-35-36(31,32)33)10-11-23(22)34-14-4-8-20-7-3-6-19-5-1-2-9-21(19)20/h1-3,5-7,9-11,15,30H,4,8,12-14,16-17,29H2,(H2,31,32,33). The zero-order valence-corrected chi connectivity index (χ0v) is 20.3. The van der Waals surface area contributed by atoms with Crippen molar-refractivity contribution in [3.63, 3.8) is 0 Å². The van der Waals surface area contributed by atoms with Gasteiger partial charge in [-0.25, -0.2) is 4.57 Å². The fraction of sp³-hybridized carbons (Fsp3) is 0.360. The fourth-order valence-electron chi connectivity index (χ4n) is 3.84. The molecule has 3 rings (SSSR count). The lowest BCUT2D eigenvalue weighted by molar-refractivity contribution is -0.139. The Morgan fingerprint density at radius 3 is 2.39 bits per heavy atom. The van der Waals surface area contributed by atoms with Crippen molar-refractivity contribution in [1.82, 2.24) is 0 Å². The number of hydrogen-bond acceptors (Lipinski definition) is 5. The Labute approximate surface area is 206 Å². The molecule has 0 saturated heterocycles. The Hall–Kier alpha value is -2.46. The van der Waals surface area contributed by atoms with Crippen LogP contribution in [0.15, 0.2) is 60.7 Å². The third kappa shape index (κ3) is 8.03. The number of aryl methyl sites for hydroxylation is 2. The first-order valence-corrected chi connectivity index (χ1v) is 12.8. The zero-order chi connectivity index (χ0) is 26.4. The van der Waals surface area contributed by atoms with Crippen LogP contribution in [-0.4, -0.2) is 40.3 Å². The average molecular weight is 527 g/mol. The molecule has 0 aliphatic rings. The van der Waals surface area contributed by atoms with E-state index in [-0.39, 0.29) is 30.8 Å². The molecule has 11 heteroatoms. The number of halogens is 3. The maximum absolute atomic E-state index is 13.7. The number of nitrogens with two attached hydrogens (primary N) is 1. The number of ether oxygens (including phenoxy) is 1. The lowest BCUT2D eigenvalue weighted by Crippen LogP contribution is -2.48. The van der Waals surface area contributed by atoms with Crippen LogP contribution in [0.4, 0.5) is 13.2 Å². The van der Waals surface area contributed by atoms with E-state index in [1.807, 2.05) is 42.5 Å². The molecule has 3 aromatic carbocycles. The van der Waals surface area contributed by atoms with Gasteiger partial charge < -0.3 is 25.4 Å². The molecule has 0 saturated carbocycles. The van der Waals surface area contributed by atoms with Gasteiger partial charge in [-0.2, -0.15) is 13.2 Å². The number of aliphatic hydroxyl groups excluding tert-OH is 1. The van der Waals surface area contributed by atoms with Gasteiger partial charge in [0, 0.05) is 0 Å². The topological polar surface area (TPSA) is 122 Å². The summed E-state index contributed by atoms with van der Waals surface area (Å²) < 4.78 is 61.9. The fourth-order valence-corrected chi connectivity index (χ4v) is 4.26. The Balaban J connectivity index is 1.63. The minimum Gasteiger partial charge on any atom is -0.493 e. The predicted octanol–water partition coefficient (Wildman–Crippen LogP) is 4.60. The van der Waals surface area contributed by atoms with Crippen molar-refractivity contribution in [2.24, 2.45) is 5.73 Å². The minimum absolute atomic E-state index is 0.0199. The summed E-state index contributed by atoms with van der Waals surface area (Å²) in [5, 5.41) is 11.7. The summed E-state index contributed by atoms with van der Waals surface area (Å²) in [6, 6.07) is 17.5. The summed E-state index contributed by atoms with van der Waals surface area (Å²) in [7, 11) is -4.81. The monoisotopic (exact) mass is 527 g/mol. The Morgan fingerprint density at radius 1 is 0.972 bits per heavy atom. The second-order valence-electron chi connectivity index (χ2n) is 8.70. The Bertz CT molecular complexity index is 1210. The molecule has 36 heavy (non-hydrogen) atoms. The molecular formula is C25H29F3NO6P. The normalized spacial score (nSPS) is 14.1. The van der Waals surface area contributed by atoms with E-state index in [9.17, 15) is 22.8 Å². The maximum atomic E-state index is 13.7. The van der Waals surface area contributed by atoms with Crippen molar-refractivity contribution in [2.45, 2.75) is 37.4 Å². The molecule has 3 aromatic rings. The molecule has 0 radical (unpaired) electrons. The van der Waals surface area contributed by atoms with Gasteiger partial charge >= 0.3 is 14.0 Å². The number of phosphoric ester groups is 1. The Morgan fingerprint density at radius 2 is 1.69 bits per heavy atom. The van der Waals surface area contributed by atoms with Gasteiger partial charge in [0.25, 0.3) is 0 Å². The second-order valence-corrected chi connectivity index (χ2v) is 9.94. The first-order valence-electron chi connectivity index (χ1n) is 11.3. The van der Waals surface area contributed by atoms with Crippen LogP contribution in [0.25, 0.3) is 10.8 Å². The summed E-state index contributed by atoms with van der Waals surface area (Å²) in [4.78, 5) is 17.7. The lowest BCUT2D eigenvalue weighted by Gasteiger charge is -2.27. The first-order chi connectivity index (χ1) is 16.9. The average Bonchev–Trinajstić information content (AvgIpc) is 2.83. The molecule has 5 N–H and O–H groups in total. The van der Waals surface area contributed by atoms with Crippen LogP contribution in [0, 0.1) is 0 Å². The highest BCUT2D eigenvalue weighted by atomic mass is 31.2. The van der Waals surface area contributed by atoms with Gasteiger partial charge in [0.15, 0.2) is 0 Å². The number of rotatable bonds is 12. The molecule has 1 atom stereocenters. The SMILES string of the molecule is NC(CO)(CCc1ccc(OCCCc2cccc3ccccc23)c(C(F)(F)F)c1)COP(=O)(O)O. The molecular weight excluding hydrogens is 498 g/mol. The minimum atomic E-state index is -4.81. The van der Waals surface area contributed by atoms with E-state index in [0.717, 1.165) is 22.4 Å². The van der Waals surface area contributed by atoms with Crippen molar-refractivity contribution in [1.29, 1.82) is 0 Å². The molecule has 0 heterocycles. The highest BCUT2D eigenvalue weighted by molar-refractivity contribution is 7.46.